The van der Waals surface area contributed by atoms with Gasteiger partial charge in [0.15, 0.2) is 0 Å². The first-order valence-corrected chi connectivity index (χ1v) is 18.3. The van der Waals surface area contributed by atoms with E-state index in [0.29, 0.717) is 18.0 Å². The molecule has 0 aromatic heterocycles. The third-order valence-electron chi connectivity index (χ3n) is 8.29. The lowest BCUT2D eigenvalue weighted by atomic mass is 10.0. The average molecular weight is 690 g/mol. The topological polar surface area (TPSA) is 96.0 Å². The molecule has 50 heavy (non-hydrogen) atoms. The van der Waals surface area contributed by atoms with Crippen molar-refractivity contribution in [2.75, 3.05) is 17.4 Å². The molecule has 2 amide bonds. The van der Waals surface area contributed by atoms with E-state index in [-0.39, 0.29) is 29.5 Å². The molecule has 9 heteroatoms. The average Bonchev–Trinajstić information content (AvgIpc) is 3.14. The molecule has 0 spiro atoms. The van der Waals surface area contributed by atoms with Crippen molar-refractivity contribution in [1.29, 1.82) is 0 Å². The summed E-state index contributed by atoms with van der Waals surface area (Å²) in [7, 11) is -4.22. The highest BCUT2D eigenvalue weighted by Gasteiger charge is 2.34. The Balaban J connectivity index is 1.53. The molecule has 5 rings (SSSR count). The maximum atomic E-state index is 14.7. The Labute approximate surface area is 295 Å². The van der Waals surface area contributed by atoms with Crippen molar-refractivity contribution in [1.82, 2.24) is 10.2 Å². The van der Waals surface area contributed by atoms with Gasteiger partial charge in [-0.25, -0.2) is 8.42 Å². The van der Waals surface area contributed by atoms with E-state index in [1.165, 1.54) is 17.0 Å². The second-order valence-corrected chi connectivity index (χ2v) is 14.0. The van der Waals surface area contributed by atoms with Gasteiger partial charge < -0.3 is 15.0 Å². The predicted octanol–water partition coefficient (Wildman–Crippen LogP) is 7.54. The molecule has 0 bridgehead atoms. The van der Waals surface area contributed by atoms with Crippen LogP contribution in [0.5, 0.6) is 11.5 Å². The quantitative estimate of drug-likeness (QED) is 0.108. The zero-order valence-corrected chi connectivity index (χ0v) is 29.3. The lowest BCUT2D eigenvalue weighted by molar-refractivity contribution is -0.140. The van der Waals surface area contributed by atoms with E-state index in [4.69, 9.17) is 4.74 Å². The van der Waals surface area contributed by atoms with Gasteiger partial charge in [0.25, 0.3) is 10.0 Å². The smallest absolute Gasteiger partial charge is 0.264 e. The second kappa shape index (κ2) is 17.3. The number of aryl methyl sites for hydroxylation is 1. The summed E-state index contributed by atoms with van der Waals surface area (Å²) in [4.78, 5) is 30.1. The molecular formula is C41H43N3O5S. The minimum absolute atomic E-state index is 0.0493. The van der Waals surface area contributed by atoms with Crippen LogP contribution in [-0.2, 0) is 32.6 Å². The Kier molecular flexibility index (Phi) is 12.4. The van der Waals surface area contributed by atoms with Gasteiger partial charge in [0.05, 0.1) is 10.6 Å². The lowest BCUT2D eigenvalue weighted by Gasteiger charge is -2.34. The molecule has 8 nitrogen and oxygen atoms in total. The summed E-state index contributed by atoms with van der Waals surface area (Å²) in [6.07, 6.45) is 1.95. The van der Waals surface area contributed by atoms with Crippen LogP contribution < -0.4 is 14.4 Å². The van der Waals surface area contributed by atoms with Gasteiger partial charge in [-0.05, 0) is 73.0 Å². The monoisotopic (exact) mass is 689 g/mol. The van der Waals surface area contributed by atoms with Crippen molar-refractivity contribution in [3.63, 3.8) is 0 Å². The molecule has 0 aliphatic rings. The number of amides is 2. The number of ether oxygens (including phenoxy) is 1. The molecule has 0 heterocycles. The standard InChI is InChI=1S/C41H43N3O5S/c1-3-4-28-42-41(46)39(29-33-14-8-5-9-15-33)43(30-34-16-10-6-11-17-34)40(45)31-44(50(47,48)38-26-20-32(2)21-27-38)35-22-24-37(25-23-35)49-36-18-12-7-13-19-36/h5-27,39H,3-4,28-31H2,1-2H3,(H,42,46)/t39-/m1/s1. The molecule has 0 fully saturated rings. The number of carbonyl (C=O) groups excluding carboxylic acids is 2. The Morgan fingerprint density at radius 1 is 0.720 bits per heavy atom. The van der Waals surface area contributed by atoms with Crippen LogP contribution in [-0.4, -0.2) is 44.3 Å². The first-order chi connectivity index (χ1) is 24.2. The maximum absolute atomic E-state index is 14.7. The Hall–Kier alpha value is -5.41. The maximum Gasteiger partial charge on any atom is 0.264 e. The summed E-state index contributed by atoms with van der Waals surface area (Å²) >= 11 is 0. The third-order valence-corrected chi connectivity index (χ3v) is 10.1. The number of hydrogen-bond donors (Lipinski definition) is 1. The second-order valence-electron chi connectivity index (χ2n) is 12.1. The molecule has 0 saturated heterocycles. The summed E-state index contributed by atoms with van der Waals surface area (Å²) in [6.45, 7) is 3.97. The molecule has 0 aliphatic heterocycles. The molecule has 258 valence electrons. The number of anilines is 1. The molecule has 5 aromatic rings. The van der Waals surface area contributed by atoms with E-state index in [1.807, 2.05) is 105 Å². The van der Waals surface area contributed by atoms with Crippen molar-refractivity contribution in [2.45, 2.75) is 50.6 Å². The summed E-state index contributed by atoms with van der Waals surface area (Å²) < 4.78 is 35.8. The molecule has 0 saturated carbocycles. The largest absolute Gasteiger partial charge is 0.457 e. The lowest BCUT2D eigenvalue weighted by Crippen LogP contribution is -2.53. The Morgan fingerprint density at radius 3 is 1.88 bits per heavy atom. The fourth-order valence-electron chi connectivity index (χ4n) is 5.51. The van der Waals surface area contributed by atoms with Crippen LogP contribution in [0.15, 0.2) is 144 Å². The molecule has 5 aromatic carbocycles. The van der Waals surface area contributed by atoms with Crippen LogP contribution in [0, 0.1) is 6.92 Å². The van der Waals surface area contributed by atoms with Crippen LogP contribution in [0.3, 0.4) is 0 Å². The number of benzene rings is 5. The number of hydrogen-bond acceptors (Lipinski definition) is 5. The number of unbranched alkanes of at least 4 members (excludes halogenated alkanes) is 1. The highest BCUT2D eigenvalue weighted by Crippen LogP contribution is 2.29. The van der Waals surface area contributed by atoms with E-state index in [2.05, 4.69) is 5.32 Å². The zero-order chi connectivity index (χ0) is 35.3. The first kappa shape index (κ1) is 35.9. The Morgan fingerprint density at radius 2 is 1.28 bits per heavy atom. The van der Waals surface area contributed by atoms with Gasteiger partial charge in [0.2, 0.25) is 11.8 Å². The first-order valence-electron chi connectivity index (χ1n) is 16.8. The van der Waals surface area contributed by atoms with E-state index in [1.54, 1.807) is 36.4 Å². The van der Waals surface area contributed by atoms with Crippen LogP contribution >= 0.6 is 0 Å². The van der Waals surface area contributed by atoms with Gasteiger partial charge in [0, 0.05) is 19.5 Å². The van der Waals surface area contributed by atoms with Gasteiger partial charge in [-0.1, -0.05) is 110 Å². The summed E-state index contributed by atoms with van der Waals surface area (Å²) in [5, 5.41) is 3.02. The van der Waals surface area contributed by atoms with Gasteiger partial charge in [-0.2, -0.15) is 0 Å². The number of sulfonamides is 1. The van der Waals surface area contributed by atoms with Crippen LogP contribution in [0.1, 0.15) is 36.5 Å². The molecule has 1 atom stereocenters. The van der Waals surface area contributed by atoms with Gasteiger partial charge in [-0.3, -0.25) is 13.9 Å². The number of nitrogens with zero attached hydrogens (tertiary/aromatic N) is 2. The van der Waals surface area contributed by atoms with Crippen LogP contribution in [0.4, 0.5) is 5.69 Å². The number of carbonyl (C=O) groups is 2. The van der Waals surface area contributed by atoms with Crippen LogP contribution in [0.25, 0.3) is 0 Å². The predicted molar refractivity (Wildman–Crippen MR) is 198 cm³/mol. The minimum Gasteiger partial charge on any atom is -0.457 e. The highest BCUT2D eigenvalue weighted by molar-refractivity contribution is 7.92. The van der Waals surface area contributed by atoms with Crippen LogP contribution in [0.2, 0.25) is 0 Å². The summed E-state index contributed by atoms with van der Waals surface area (Å²) in [6, 6.07) is 40.4. The number of para-hydroxylation sites is 1. The van der Waals surface area contributed by atoms with Gasteiger partial charge in [-0.15, -0.1) is 0 Å². The van der Waals surface area contributed by atoms with Gasteiger partial charge >= 0.3 is 0 Å². The molecular weight excluding hydrogens is 647 g/mol. The third kappa shape index (κ3) is 9.60. The van der Waals surface area contributed by atoms with Crippen molar-refractivity contribution >= 4 is 27.5 Å². The van der Waals surface area contributed by atoms with Gasteiger partial charge in [0.1, 0.15) is 24.1 Å². The molecule has 1 N–H and O–H groups in total. The Bertz CT molecular complexity index is 1920. The fraction of sp³-hybridized carbons (Fsp3) is 0.220. The number of nitrogens with one attached hydrogen (secondary N) is 1. The van der Waals surface area contributed by atoms with E-state index in [9.17, 15) is 18.0 Å². The summed E-state index contributed by atoms with van der Waals surface area (Å²) in [5.41, 5.74) is 2.88. The summed E-state index contributed by atoms with van der Waals surface area (Å²) in [5.74, 6) is 0.344. The van der Waals surface area contributed by atoms with E-state index < -0.39 is 28.5 Å². The number of rotatable bonds is 16. The van der Waals surface area contributed by atoms with E-state index >= 15 is 0 Å². The molecule has 0 radical (unpaired) electrons. The fourth-order valence-corrected chi connectivity index (χ4v) is 6.93. The normalized spacial score (nSPS) is 11.7. The van der Waals surface area contributed by atoms with Crippen molar-refractivity contribution in [2.24, 2.45) is 0 Å². The van der Waals surface area contributed by atoms with Crippen molar-refractivity contribution < 1.29 is 22.7 Å². The minimum atomic E-state index is -4.22. The van der Waals surface area contributed by atoms with Crippen molar-refractivity contribution in [3.8, 4) is 11.5 Å². The molecule has 0 unspecified atom stereocenters. The SMILES string of the molecule is CCCCNC(=O)[C@@H](Cc1ccccc1)N(Cc1ccccc1)C(=O)CN(c1ccc(Oc2ccccc2)cc1)S(=O)(=O)c1ccc(C)cc1. The van der Waals surface area contributed by atoms with Crippen molar-refractivity contribution in [3.05, 3.63) is 156 Å². The molecule has 0 aliphatic carbocycles. The van der Waals surface area contributed by atoms with E-state index in [0.717, 1.165) is 33.8 Å². The zero-order valence-electron chi connectivity index (χ0n) is 28.4. The highest BCUT2D eigenvalue weighted by atomic mass is 32.2.